The molecule has 0 aliphatic rings. The number of nitro groups is 1. The number of non-ortho nitro benzene ring substituents is 1. The molecule has 148 valence electrons. The van der Waals surface area contributed by atoms with E-state index in [0.717, 1.165) is 12.1 Å². The van der Waals surface area contributed by atoms with E-state index in [1.165, 1.54) is 19.1 Å². The molecule has 0 bridgehead atoms. The Morgan fingerprint density at radius 1 is 1.11 bits per heavy atom. The van der Waals surface area contributed by atoms with E-state index in [9.17, 15) is 32.9 Å². The van der Waals surface area contributed by atoms with Crippen LogP contribution < -0.4 is 15.4 Å². The Balaban J connectivity index is 2.08. The van der Waals surface area contributed by atoms with Gasteiger partial charge in [-0.3, -0.25) is 19.7 Å². The fourth-order valence-corrected chi connectivity index (χ4v) is 2.20. The van der Waals surface area contributed by atoms with Crippen LogP contribution in [0.4, 0.5) is 30.2 Å². The highest BCUT2D eigenvalue weighted by Crippen LogP contribution is 2.38. The molecule has 0 aliphatic heterocycles. The molecule has 28 heavy (non-hydrogen) atoms. The normalized spacial score (nSPS) is 10.9. The Labute approximate surface area is 156 Å². The fourth-order valence-electron chi connectivity index (χ4n) is 2.20. The maximum absolute atomic E-state index is 13.1. The van der Waals surface area contributed by atoms with E-state index in [1.807, 2.05) is 0 Å². The van der Waals surface area contributed by atoms with Crippen molar-refractivity contribution in [1.29, 1.82) is 0 Å². The third-order valence-corrected chi connectivity index (χ3v) is 3.30. The first kappa shape index (κ1) is 20.7. The number of alkyl halides is 3. The summed E-state index contributed by atoms with van der Waals surface area (Å²) in [6, 6.07) is 8.07. The molecule has 0 unspecified atom stereocenters. The maximum Gasteiger partial charge on any atom is 0.420 e. The number of nitro benzene ring substituents is 1. The third kappa shape index (κ3) is 5.69. The Hall–Kier alpha value is -3.63. The molecule has 0 heterocycles. The quantitative estimate of drug-likeness (QED) is 0.572. The second-order valence-corrected chi connectivity index (χ2v) is 5.53. The zero-order chi connectivity index (χ0) is 20.9. The van der Waals surface area contributed by atoms with Gasteiger partial charge in [-0.25, -0.2) is 0 Å². The van der Waals surface area contributed by atoms with Gasteiger partial charge in [0.15, 0.2) is 6.61 Å². The van der Waals surface area contributed by atoms with E-state index in [-0.39, 0.29) is 5.91 Å². The number of rotatable bonds is 6. The summed E-state index contributed by atoms with van der Waals surface area (Å²) in [4.78, 5) is 32.7. The Kier molecular flexibility index (Phi) is 6.18. The molecule has 0 radical (unpaired) electrons. The standard InChI is InChI=1S/C17H14F3N3O5/c1-10(24)21-11-3-2-4-12(7-11)22-16(25)9-28-15-6-5-13(23(26)27)8-14(15)17(18,19)20/h2-8H,9H2,1H3,(H,21,24)(H,22,25). The molecule has 8 nitrogen and oxygen atoms in total. The molecule has 2 aromatic carbocycles. The summed E-state index contributed by atoms with van der Waals surface area (Å²) < 4.78 is 44.1. The fraction of sp³-hybridized carbons (Fsp3) is 0.176. The topological polar surface area (TPSA) is 111 Å². The molecule has 0 aliphatic carbocycles. The summed E-state index contributed by atoms with van der Waals surface area (Å²) in [6.07, 6.45) is -4.90. The van der Waals surface area contributed by atoms with Gasteiger partial charge in [-0.05, 0) is 24.3 Å². The predicted molar refractivity (Wildman–Crippen MR) is 93.0 cm³/mol. The molecule has 2 N–H and O–H groups in total. The number of benzene rings is 2. The van der Waals surface area contributed by atoms with Crippen molar-refractivity contribution < 1.29 is 32.4 Å². The number of nitrogens with one attached hydrogen (secondary N) is 2. The molecule has 0 saturated heterocycles. The minimum Gasteiger partial charge on any atom is -0.483 e. The van der Waals surface area contributed by atoms with Crippen LogP contribution in [-0.4, -0.2) is 23.3 Å². The summed E-state index contributed by atoms with van der Waals surface area (Å²) in [7, 11) is 0. The van der Waals surface area contributed by atoms with E-state index in [2.05, 4.69) is 10.6 Å². The van der Waals surface area contributed by atoms with Crippen LogP contribution in [0.3, 0.4) is 0 Å². The smallest absolute Gasteiger partial charge is 0.420 e. The van der Waals surface area contributed by atoms with Crippen molar-refractivity contribution in [2.45, 2.75) is 13.1 Å². The lowest BCUT2D eigenvalue weighted by atomic mass is 10.1. The minimum atomic E-state index is -4.90. The summed E-state index contributed by atoms with van der Waals surface area (Å²) in [5.74, 6) is -1.78. The molecule has 0 aromatic heterocycles. The lowest BCUT2D eigenvalue weighted by molar-refractivity contribution is -0.385. The Bertz CT molecular complexity index is 915. The predicted octanol–water partition coefficient (Wildman–Crippen LogP) is 3.59. The first-order valence-electron chi connectivity index (χ1n) is 7.72. The van der Waals surface area contributed by atoms with Crippen LogP contribution in [0, 0.1) is 10.1 Å². The van der Waals surface area contributed by atoms with Crippen molar-refractivity contribution in [1.82, 2.24) is 0 Å². The second-order valence-electron chi connectivity index (χ2n) is 5.53. The summed E-state index contributed by atoms with van der Waals surface area (Å²) in [5.41, 5.74) is -1.40. The number of carbonyl (C=O) groups is 2. The average Bonchev–Trinajstić information content (AvgIpc) is 2.58. The summed E-state index contributed by atoms with van der Waals surface area (Å²) in [5, 5.41) is 15.6. The van der Waals surface area contributed by atoms with E-state index in [1.54, 1.807) is 12.1 Å². The zero-order valence-electron chi connectivity index (χ0n) is 14.4. The molecule has 0 atom stereocenters. The highest BCUT2D eigenvalue weighted by molar-refractivity contribution is 5.94. The lowest BCUT2D eigenvalue weighted by Gasteiger charge is -2.14. The van der Waals surface area contributed by atoms with Gasteiger partial charge in [0.1, 0.15) is 11.3 Å². The van der Waals surface area contributed by atoms with Crippen LogP contribution in [-0.2, 0) is 15.8 Å². The van der Waals surface area contributed by atoms with E-state index in [0.29, 0.717) is 17.4 Å². The Morgan fingerprint density at radius 2 is 1.75 bits per heavy atom. The van der Waals surface area contributed by atoms with Crippen molar-refractivity contribution in [2.75, 3.05) is 17.2 Å². The van der Waals surface area contributed by atoms with Crippen LogP contribution in [0.5, 0.6) is 5.75 Å². The highest BCUT2D eigenvalue weighted by Gasteiger charge is 2.36. The maximum atomic E-state index is 13.1. The largest absolute Gasteiger partial charge is 0.483 e. The number of hydrogen-bond acceptors (Lipinski definition) is 5. The lowest BCUT2D eigenvalue weighted by Crippen LogP contribution is -2.21. The molecule has 0 fully saturated rings. The van der Waals surface area contributed by atoms with E-state index in [4.69, 9.17) is 4.74 Å². The van der Waals surface area contributed by atoms with Gasteiger partial charge in [0.05, 0.1) is 4.92 Å². The number of amides is 2. The van der Waals surface area contributed by atoms with Gasteiger partial charge in [0.25, 0.3) is 11.6 Å². The van der Waals surface area contributed by atoms with Gasteiger partial charge < -0.3 is 15.4 Å². The number of ether oxygens (including phenoxy) is 1. The van der Waals surface area contributed by atoms with Crippen LogP contribution in [0.2, 0.25) is 0 Å². The number of nitrogens with zero attached hydrogens (tertiary/aromatic N) is 1. The van der Waals surface area contributed by atoms with Crippen molar-refractivity contribution in [2.24, 2.45) is 0 Å². The monoisotopic (exact) mass is 397 g/mol. The van der Waals surface area contributed by atoms with Crippen LogP contribution in [0.15, 0.2) is 42.5 Å². The van der Waals surface area contributed by atoms with E-state index >= 15 is 0 Å². The molecule has 0 saturated carbocycles. The van der Waals surface area contributed by atoms with Gasteiger partial charge >= 0.3 is 6.18 Å². The minimum absolute atomic E-state index is 0.291. The van der Waals surface area contributed by atoms with Gasteiger partial charge in [-0.15, -0.1) is 0 Å². The Morgan fingerprint density at radius 3 is 2.32 bits per heavy atom. The highest BCUT2D eigenvalue weighted by atomic mass is 19.4. The summed E-state index contributed by atoms with van der Waals surface area (Å²) >= 11 is 0. The van der Waals surface area contributed by atoms with Crippen molar-refractivity contribution in [3.05, 3.63) is 58.1 Å². The zero-order valence-corrected chi connectivity index (χ0v) is 14.4. The van der Waals surface area contributed by atoms with Crippen LogP contribution in [0.1, 0.15) is 12.5 Å². The second kappa shape index (κ2) is 8.37. The number of halogens is 3. The van der Waals surface area contributed by atoms with Gasteiger partial charge in [-0.1, -0.05) is 6.07 Å². The third-order valence-electron chi connectivity index (χ3n) is 3.30. The number of anilines is 2. The van der Waals surface area contributed by atoms with Gasteiger partial charge in [-0.2, -0.15) is 13.2 Å². The first-order chi connectivity index (χ1) is 13.1. The summed E-state index contributed by atoms with van der Waals surface area (Å²) in [6.45, 7) is 0.548. The van der Waals surface area contributed by atoms with Crippen molar-refractivity contribution in [3.63, 3.8) is 0 Å². The molecular weight excluding hydrogens is 383 g/mol. The molecule has 11 heteroatoms. The molecule has 2 amide bonds. The van der Waals surface area contributed by atoms with Crippen molar-refractivity contribution >= 4 is 28.9 Å². The SMILES string of the molecule is CC(=O)Nc1cccc(NC(=O)COc2ccc([N+](=O)[O-])cc2C(F)(F)F)c1. The molecule has 2 aromatic rings. The van der Waals surface area contributed by atoms with Gasteiger partial charge in [0.2, 0.25) is 5.91 Å². The number of hydrogen-bond donors (Lipinski definition) is 2. The molecular formula is C17H14F3N3O5. The molecule has 0 spiro atoms. The van der Waals surface area contributed by atoms with Gasteiger partial charge in [0, 0.05) is 30.4 Å². The van der Waals surface area contributed by atoms with Crippen LogP contribution >= 0.6 is 0 Å². The first-order valence-corrected chi connectivity index (χ1v) is 7.72. The van der Waals surface area contributed by atoms with E-state index < -0.39 is 40.6 Å². The molecule has 2 rings (SSSR count). The van der Waals surface area contributed by atoms with Crippen LogP contribution in [0.25, 0.3) is 0 Å². The average molecular weight is 397 g/mol. The number of carbonyl (C=O) groups excluding carboxylic acids is 2. The van der Waals surface area contributed by atoms with Crippen molar-refractivity contribution in [3.8, 4) is 5.75 Å².